The molecule has 2 N–H and O–H groups in total. The molecule has 0 bridgehead atoms. The molecule has 0 amide bonds. The summed E-state index contributed by atoms with van der Waals surface area (Å²) in [5, 5.41) is 1.62. The summed E-state index contributed by atoms with van der Waals surface area (Å²) in [6.07, 6.45) is 7.28. The maximum Gasteiger partial charge on any atom is 0.220 e. The van der Waals surface area contributed by atoms with E-state index < -0.39 is 5.72 Å². The molecular formula is C20H24N4O2S. The summed E-state index contributed by atoms with van der Waals surface area (Å²) >= 11 is 1.64. The molecule has 1 fully saturated rings. The van der Waals surface area contributed by atoms with Gasteiger partial charge in [0.05, 0.1) is 16.5 Å². The number of hydroxylamine groups is 2. The maximum absolute atomic E-state index is 6.43. The van der Waals surface area contributed by atoms with Gasteiger partial charge >= 0.3 is 0 Å². The Morgan fingerprint density at radius 3 is 2.78 bits per heavy atom. The summed E-state index contributed by atoms with van der Waals surface area (Å²) in [5.74, 6) is 0.444. The third-order valence-corrected chi connectivity index (χ3v) is 7.35. The van der Waals surface area contributed by atoms with Crippen molar-refractivity contribution < 1.29 is 9.57 Å². The molecular weight excluding hydrogens is 360 g/mol. The standard InChI is InChI=1S/C20H24N4O2S/c1-24-18(21)23-20(26-24)16-9-13(17-11-22-12-27-17)3-4-14(16)10-19(20)7-5-15(25-2)6-8-19/h3-4,9,11-12,15H,5-8,10H2,1-2H3,(H2,21,23). The minimum absolute atomic E-state index is 0.0773. The van der Waals surface area contributed by atoms with E-state index >= 15 is 0 Å². The number of nitrogens with two attached hydrogens (primary N) is 1. The first-order valence-electron chi connectivity index (χ1n) is 9.40. The van der Waals surface area contributed by atoms with Gasteiger partial charge in [0.2, 0.25) is 11.7 Å². The first kappa shape index (κ1) is 17.2. The fourth-order valence-electron chi connectivity index (χ4n) is 5.04. The Hall–Kier alpha value is -1.96. The van der Waals surface area contributed by atoms with Gasteiger partial charge in [0.15, 0.2) is 0 Å². The van der Waals surface area contributed by atoms with E-state index in [1.165, 1.54) is 5.56 Å². The molecule has 27 heavy (non-hydrogen) atoms. The zero-order chi connectivity index (χ0) is 18.6. The Kier molecular flexibility index (Phi) is 3.83. The average Bonchev–Trinajstić information content (AvgIpc) is 3.37. The van der Waals surface area contributed by atoms with Crippen LogP contribution in [0.5, 0.6) is 0 Å². The minimum atomic E-state index is -0.736. The average molecular weight is 385 g/mol. The van der Waals surface area contributed by atoms with Gasteiger partial charge < -0.3 is 10.5 Å². The van der Waals surface area contributed by atoms with E-state index in [-0.39, 0.29) is 5.41 Å². The number of thiazole rings is 1. The Balaban J connectivity index is 1.63. The van der Waals surface area contributed by atoms with Crippen molar-refractivity contribution in [3.63, 3.8) is 0 Å². The van der Waals surface area contributed by atoms with E-state index in [0.29, 0.717) is 12.1 Å². The van der Waals surface area contributed by atoms with Crippen LogP contribution in [0.15, 0.2) is 34.9 Å². The number of aromatic nitrogens is 1. The summed E-state index contributed by atoms with van der Waals surface area (Å²) in [5.41, 5.74) is 10.9. The Bertz CT molecular complexity index is 889. The number of guanidine groups is 1. The zero-order valence-corrected chi connectivity index (χ0v) is 16.5. The van der Waals surface area contributed by atoms with E-state index in [2.05, 4.69) is 23.2 Å². The normalized spacial score (nSPS) is 32.3. The highest BCUT2D eigenvalue weighted by molar-refractivity contribution is 7.13. The number of benzene rings is 1. The van der Waals surface area contributed by atoms with Gasteiger partial charge in [0.25, 0.3) is 0 Å². The van der Waals surface area contributed by atoms with Crippen LogP contribution >= 0.6 is 11.3 Å². The van der Waals surface area contributed by atoms with Crippen LogP contribution < -0.4 is 5.73 Å². The summed E-state index contributed by atoms with van der Waals surface area (Å²) < 4.78 is 5.62. The van der Waals surface area contributed by atoms with Gasteiger partial charge in [-0.15, -0.1) is 11.3 Å². The molecule has 2 spiro atoms. The van der Waals surface area contributed by atoms with Crippen LogP contribution in [0.4, 0.5) is 0 Å². The predicted octanol–water partition coefficient (Wildman–Crippen LogP) is 3.29. The van der Waals surface area contributed by atoms with Crippen molar-refractivity contribution in [1.82, 2.24) is 10.0 Å². The molecule has 0 saturated heterocycles. The second-order valence-corrected chi connectivity index (χ2v) is 8.72. The molecule has 2 aromatic rings. The van der Waals surface area contributed by atoms with E-state index in [1.54, 1.807) is 23.5 Å². The summed E-state index contributed by atoms with van der Waals surface area (Å²) in [6, 6.07) is 6.65. The zero-order valence-electron chi connectivity index (χ0n) is 15.6. The van der Waals surface area contributed by atoms with Gasteiger partial charge in [-0.2, -0.15) is 0 Å². The second-order valence-electron chi connectivity index (χ2n) is 7.83. The van der Waals surface area contributed by atoms with Crippen LogP contribution in [0.2, 0.25) is 0 Å². The largest absolute Gasteiger partial charge is 0.381 e. The number of hydrogen-bond donors (Lipinski definition) is 1. The highest BCUT2D eigenvalue weighted by Gasteiger charge is 2.63. The van der Waals surface area contributed by atoms with Gasteiger partial charge in [-0.1, -0.05) is 12.1 Å². The number of nitrogens with zero attached hydrogens (tertiary/aromatic N) is 3. The molecule has 2 heterocycles. The molecule has 1 saturated carbocycles. The van der Waals surface area contributed by atoms with Crippen molar-refractivity contribution >= 4 is 17.3 Å². The van der Waals surface area contributed by atoms with Crippen molar-refractivity contribution in [2.24, 2.45) is 16.1 Å². The molecule has 142 valence electrons. The molecule has 1 unspecified atom stereocenters. The fourth-order valence-corrected chi connectivity index (χ4v) is 5.66. The third-order valence-electron chi connectivity index (χ3n) is 6.53. The molecule has 0 radical (unpaired) electrons. The lowest BCUT2D eigenvalue weighted by atomic mass is 9.66. The third kappa shape index (κ3) is 2.38. The van der Waals surface area contributed by atoms with Crippen molar-refractivity contribution in [1.29, 1.82) is 0 Å². The topological polar surface area (TPSA) is 73.0 Å². The number of fused-ring (bicyclic) bond motifs is 3. The molecule has 2 aliphatic carbocycles. The fraction of sp³-hybridized carbons (Fsp3) is 0.500. The Labute approximate surface area is 163 Å². The molecule has 1 aromatic heterocycles. The first-order chi connectivity index (χ1) is 13.1. The van der Waals surface area contributed by atoms with Crippen LogP contribution in [-0.2, 0) is 21.7 Å². The van der Waals surface area contributed by atoms with Gasteiger partial charge in [-0.25, -0.2) is 14.9 Å². The molecule has 5 rings (SSSR count). The number of rotatable bonds is 2. The number of aliphatic imine (C=N–C) groups is 1. The monoisotopic (exact) mass is 384 g/mol. The highest BCUT2D eigenvalue weighted by atomic mass is 32.1. The number of methoxy groups -OCH3 is 1. The number of hydrogen-bond acceptors (Lipinski definition) is 7. The van der Waals surface area contributed by atoms with Gasteiger partial charge in [0, 0.05) is 31.3 Å². The molecule has 1 atom stereocenters. The molecule has 1 aromatic carbocycles. The maximum atomic E-state index is 6.43. The molecule has 7 heteroatoms. The van der Waals surface area contributed by atoms with Gasteiger partial charge in [-0.3, -0.25) is 4.98 Å². The van der Waals surface area contributed by atoms with E-state index in [9.17, 15) is 0 Å². The number of ether oxygens (including phenoxy) is 1. The predicted molar refractivity (Wildman–Crippen MR) is 105 cm³/mol. The minimum Gasteiger partial charge on any atom is -0.381 e. The van der Waals surface area contributed by atoms with Crippen molar-refractivity contribution in [2.45, 2.75) is 43.9 Å². The van der Waals surface area contributed by atoms with Crippen LogP contribution in [-0.4, -0.2) is 36.3 Å². The molecule has 1 aliphatic heterocycles. The van der Waals surface area contributed by atoms with Crippen LogP contribution in [0, 0.1) is 5.41 Å². The van der Waals surface area contributed by atoms with Crippen molar-refractivity contribution in [2.75, 3.05) is 14.2 Å². The van der Waals surface area contributed by atoms with Gasteiger partial charge in [0.1, 0.15) is 0 Å². The smallest absolute Gasteiger partial charge is 0.220 e. The van der Waals surface area contributed by atoms with E-state index in [4.69, 9.17) is 20.3 Å². The van der Waals surface area contributed by atoms with Gasteiger partial charge in [-0.05, 0) is 49.3 Å². The van der Waals surface area contributed by atoms with E-state index in [1.807, 2.05) is 18.8 Å². The Morgan fingerprint density at radius 2 is 2.15 bits per heavy atom. The van der Waals surface area contributed by atoms with Crippen molar-refractivity contribution in [3.05, 3.63) is 41.0 Å². The summed E-state index contributed by atoms with van der Waals surface area (Å²) in [7, 11) is 3.65. The van der Waals surface area contributed by atoms with Crippen LogP contribution in [0.3, 0.4) is 0 Å². The Morgan fingerprint density at radius 1 is 1.33 bits per heavy atom. The molecule has 3 aliphatic rings. The lowest BCUT2D eigenvalue weighted by Crippen LogP contribution is -2.46. The van der Waals surface area contributed by atoms with Crippen LogP contribution in [0.1, 0.15) is 36.8 Å². The summed E-state index contributed by atoms with van der Waals surface area (Å²) in [6.45, 7) is 0. The SMILES string of the molecule is COC1CCC2(CC1)Cc1ccc(-c3cncs3)cc1C21N=C(N)N(C)O1. The highest BCUT2D eigenvalue weighted by Crippen LogP contribution is 2.62. The van der Waals surface area contributed by atoms with E-state index in [0.717, 1.165) is 48.1 Å². The lowest BCUT2D eigenvalue weighted by molar-refractivity contribution is -0.232. The lowest BCUT2D eigenvalue weighted by Gasteiger charge is -2.45. The first-order valence-corrected chi connectivity index (χ1v) is 10.3. The quantitative estimate of drug-likeness (QED) is 0.860. The molecule has 6 nitrogen and oxygen atoms in total. The van der Waals surface area contributed by atoms with Crippen LogP contribution in [0.25, 0.3) is 10.4 Å². The summed E-state index contributed by atoms with van der Waals surface area (Å²) in [4.78, 5) is 16.7. The van der Waals surface area contributed by atoms with Crippen molar-refractivity contribution in [3.8, 4) is 10.4 Å². The second kappa shape index (κ2) is 6.02.